The Morgan fingerprint density at radius 1 is 1.21 bits per heavy atom. The molecule has 0 spiro atoms. The summed E-state index contributed by atoms with van der Waals surface area (Å²) in [6, 6.07) is 8.58. The van der Waals surface area contributed by atoms with E-state index < -0.39 is 21.4 Å². The predicted octanol–water partition coefficient (Wildman–Crippen LogP) is 0.590. The summed E-state index contributed by atoms with van der Waals surface area (Å²) < 4.78 is 5.25. The first-order valence-corrected chi connectivity index (χ1v) is 11.0. The molecule has 0 atom stereocenters. The Balaban J connectivity index is 2.23. The summed E-state index contributed by atoms with van der Waals surface area (Å²) in [4.78, 5) is 0. The standard InChI is InChI=1S/C8H7N.C3H8N.In/c1-7(9)8-5-3-2-4-6-8;1-2-3-4;/h1-5H,9H2;1-4H2;. The maximum atomic E-state index is 5.99. The summed E-state index contributed by atoms with van der Waals surface area (Å²) in [6.07, 6.45) is 1.15. The van der Waals surface area contributed by atoms with E-state index in [-0.39, 0.29) is 0 Å². The van der Waals surface area contributed by atoms with Gasteiger partial charge in [0.05, 0.1) is 0 Å². The number of hydrogen-bond acceptors (Lipinski definition) is 2. The average Bonchev–Trinajstić information content (AvgIpc) is 2.54. The summed E-state index contributed by atoms with van der Waals surface area (Å²) in [5, 5.41) is 0. The molecule has 0 radical (unpaired) electrons. The van der Waals surface area contributed by atoms with Gasteiger partial charge in [-0.1, -0.05) is 0 Å². The summed E-state index contributed by atoms with van der Waals surface area (Å²) in [6.45, 7) is 0.809. The van der Waals surface area contributed by atoms with Crippen molar-refractivity contribution in [2.75, 3.05) is 6.54 Å². The van der Waals surface area contributed by atoms with E-state index in [0.29, 0.717) is 0 Å². The number of hydrogen-bond donors (Lipinski definition) is 2. The molecule has 1 aliphatic heterocycles. The van der Waals surface area contributed by atoms with Gasteiger partial charge in [0.15, 0.2) is 0 Å². The van der Waals surface area contributed by atoms with Crippen LogP contribution in [0.3, 0.4) is 0 Å². The van der Waals surface area contributed by atoms with Crippen molar-refractivity contribution < 1.29 is 0 Å². The monoisotopic (exact) mass is 290 g/mol. The van der Waals surface area contributed by atoms with Crippen LogP contribution < -0.4 is 14.8 Å². The zero-order chi connectivity index (χ0) is 9.97. The van der Waals surface area contributed by atoms with Crippen molar-refractivity contribution in [3.8, 4) is 0 Å². The first kappa shape index (κ1) is 10.1. The van der Waals surface area contributed by atoms with Gasteiger partial charge in [-0.05, 0) is 0 Å². The van der Waals surface area contributed by atoms with Crippen LogP contribution in [0, 0.1) is 0 Å². The molecule has 14 heavy (non-hydrogen) atoms. The van der Waals surface area contributed by atoms with E-state index in [4.69, 9.17) is 11.5 Å². The van der Waals surface area contributed by atoms with E-state index in [2.05, 4.69) is 28.1 Å². The summed E-state index contributed by atoms with van der Waals surface area (Å²) in [5.41, 5.74) is 13.8. The van der Waals surface area contributed by atoms with Crippen molar-refractivity contribution in [3.05, 3.63) is 33.7 Å². The zero-order valence-corrected chi connectivity index (χ0v) is 11.5. The number of nitrogens with two attached hydrogens (primary N) is 2. The van der Waals surface area contributed by atoms with Gasteiger partial charge in [0.2, 0.25) is 0 Å². The number of benzene rings is 1. The third-order valence-corrected chi connectivity index (χ3v) is 11.6. The fraction of sp³-hybridized carbons (Fsp3) is 0.273. The Morgan fingerprint density at radius 2 is 2.00 bits per heavy atom. The van der Waals surface area contributed by atoms with Crippen molar-refractivity contribution in [1.82, 2.24) is 0 Å². The van der Waals surface area contributed by atoms with Crippen molar-refractivity contribution >= 4 is 30.5 Å². The Hall–Kier alpha value is -0.410. The van der Waals surface area contributed by atoms with Crippen LogP contribution in [0.5, 0.6) is 0 Å². The fourth-order valence-electron chi connectivity index (χ4n) is 2.06. The van der Waals surface area contributed by atoms with E-state index in [1.165, 1.54) is 9.74 Å². The molecule has 2 nitrogen and oxygen atoms in total. The molecule has 1 heterocycles. The second-order valence-corrected chi connectivity index (χ2v) is 11.6. The van der Waals surface area contributed by atoms with E-state index in [0.717, 1.165) is 18.7 Å². The zero-order valence-electron chi connectivity index (χ0n) is 8.24. The molecule has 0 bridgehead atoms. The molecule has 0 fully saturated rings. The van der Waals surface area contributed by atoms with Gasteiger partial charge < -0.3 is 0 Å². The SMILES string of the molecule is NCC[CH2][In]1[CH]=C(N)c2cccc[c]21. The van der Waals surface area contributed by atoms with Crippen molar-refractivity contribution in [2.45, 2.75) is 10.6 Å². The van der Waals surface area contributed by atoms with E-state index in [1.54, 1.807) is 3.32 Å². The van der Waals surface area contributed by atoms with Crippen LogP contribution in [0.2, 0.25) is 4.18 Å². The Morgan fingerprint density at radius 3 is 2.79 bits per heavy atom. The van der Waals surface area contributed by atoms with E-state index in [1.807, 2.05) is 0 Å². The summed E-state index contributed by atoms with van der Waals surface area (Å²) in [7, 11) is 0. The van der Waals surface area contributed by atoms with Crippen molar-refractivity contribution in [1.29, 1.82) is 0 Å². The van der Waals surface area contributed by atoms with Gasteiger partial charge in [-0.15, -0.1) is 0 Å². The molecule has 0 saturated heterocycles. The van der Waals surface area contributed by atoms with Crippen molar-refractivity contribution in [2.24, 2.45) is 11.5 Å². The van der Waals surface area contributed by atoms with Crippen LogP contribution in [-0.2, 0) is 0 Å². The van der Waals surface area contributed by atoms with Gasteiger partial charge in [-0.2, -0.15) is 0 Å². The molecular formula is C11H15InN2. The molecule has 0 amide bonds. The van der Waals surface area contributed by atoms with Gasteiger partial charge in [0, 0.05) is 0 Å². The van der Waals surface area contributed by atoms with Crippen LogP contribution in [0.25, 0.3) is 5.70 Å². The first-order valence-electron chi connectivity index (χ1n) is 5.09. The van der Waals surface area contributed by atoms with Crippen LogP contribution in [0.1, 0.15) is 12.0 Å². The summed E-state index contributed by atoms with van der Waals surface area (Å²) >= 11 is -1.64. The van der Waals surface area contributed by atoms with E-state index >= 15 is 0 Å². The molecule has 1 aromatic rings. The predicted molar refractivity (Wildman–Crippen MR) is 62.5 cm³/mol. The van der Waals surface area contributed by atoms with E-state index in [9.17, 15) is 0 Å². The minimum absolute atomic E-state index is 0.809. The normalized spacial score (nSPS) is 14.1. The molecular weight excluding hydrogens is 275 g/mol. The van der Waals surface area contributed by atoms with Gasteiger partial charge in [-0.3, -0.25) is 0 Å². The van der Waals surface area contributed by atoms with Gasteiger partial charge in [0.1, 0.15) is 0 Å². The molecule has 1 aliphatic rings. The maximum absolute atomic E-state index is 5.99. The molecule has 3 heteroatoms. The third-order valence-electron chi connectivity index (χ3n) is 2.77. The Labute approximate surface area is 92.5 Å². The quantitative estimate of drug-likeness (QED) is 0.856. The fourth-order valence-corrected chi connectivity index (χ4v) is 10.5. The number of fused-ring (bicyclic) bond motifs is 1. The molecule has 0 saturated carbocycles. The van der Waals surface area contributed by atoms with Gasteiger partial charge >= 0.3 is 92.7 Å². The first-order chi connectivity index (χ1) is 6.83. The van der Waals surface area contributed by atoms with Crippen molar-refractivity contribution in [3.63, 3.8) is 0 Å². The molecule has 2 rings (SSSR count). The molecule has 72 valence electrons. The second-order valence-electron chi connectivity index (χ2n) is 3.75. The second kappa shape index (κ2) is 4.41. The van der Waals surface area contributed by atoms with Gasteiger partial charge in [0.25, 0.3) is 0 Å². The average molecular weight is 290 g/mol. The molecule has 4 N–H and O–H groups in total. The Bertz CT molecular complexity index is 360. The van der Waals surface area contributed by atoms with Crippen LogP contribution in [0.4, 0.5) is 0 Å². The van der Waals surface area contributed by atoms with Crippen LogP contribution >= 0.6 is 0 Å². The minimum atomic E-state index is -1.64. The molecule has 0 aliphatic carbocycles. The van der Waals surface area contributed by atoms with Gasteiger partial charge in [-0.25, -0.2) is 0 Å². The third kappa shape index (κ3) is 1.84. The Kier molecular flexibility index (Phi) is 3.19. The molecule has 0 aromatic heterocycles. The van der Waals surface area contributed by atoms with Crippen LogP contribution in [0.15, 0.2) is 28.1 Å². The van der Waals surface area contributed by atoms with Crippen LogP contribution in [-0.4, -0.2) is 28.0 Å². The molecule has 0 unspecified atom stereocenters. The topological polar surface area (TPSA) is 52.0 Å². The summed E-state index contributed by atoms with van der Waals surface area (Å²) in [5.74, 6) is 0. The molecule has 1 aromatic carbocycles. The number of rotatable bonds is 3.